The minimum Gasteiger partial charge on any atom is -0.496 e. The van der Waals surface area contributed by atoms with Crippen LogP contribution in [0.2, 0.25) is 0 Å². The SMILES string of the molecule is COc1ccccc1/C=C(\NC(=O)c1ccccc1)C(=O)Nc1ccc(S(=O)(=O)Nc2nccs2)cc1. The number of benzene rings is 3. The van der Waals surface area contributed by atoms with Crippen LogP contribution in [0.5, 0.6) is 5.75 Å². The van der Waals surface area contributed by atoms with Gasteiger partial charge in [-0.05, 0) is 48.5 Å². The van der Waals surface area contributed by atoms with Crippen molar-refractivity contribution in [3.8, 4) is 5.75 Å². The smallest absolute Gasteiger partial charge is 0.272 e. The molecule has 4 aromatic rings. The van der Waals surface area contributed by atoms with Crippen molar-refractivity contribution in [2.24, 2.45) is 0 Å². The monoisotopic (exact) mass is 534 g/mol. The quantitative estimate of drug-likeness (QED) is 0.274. The lowest BCUT2D eigenvalue weighted by molar-refractivity contribution is -0.113. The molecule has 11 heteroatoms. The van der Waals surface area contributed by atoms with Gasteiger partial charge in [-0.15, -0.1) is 11.3 Å². The molecular weight excluding hydrogens is 512 g/mol. The molecule has 0 aliphatic carbocycles. The normalized spacial score (nSPS) is 11.4. The molecule has 3 N–H and O–H groups in total. The van der Waals surface area contributed by atoms with E-state index in [1.807, 2.05) is 0 Å². The molecule has 0 fully saturated rings. The Bertz CT molecular complexity index is 1520. The first-order chi connectivity index (χ1) is 17.9. The van der Waals surface area contributed by atoms with Crippen molar-refractivity contribution in [2.75, 3.05) is 17.1 Å². The zero-order chi connectivity index (χ0) is 26.3. The molecule has 0 unspecified atom stereocenters. The largest absolute Gasteiger partial charge is 0.496 e. The van der Waals surface area contributed by atoms with Crippen molar-refractivity contribution in [1.82, 2.24) is 10.3 Å². The standard InChI is InChI=1S/C26H22N4O5S2/c1-35-23-10-6-5-9-19(23)17-22(29-24(31)18-7-3-2-4-8-18)25(32)28-20-11-13-21(14-12-20)37(33,34)30-26-27-15-16-36-26/h2-17H,1H3,(H,27,30)(H,28,32)(H,29,31)/b22-17-. The summed E-state index contributed by atoms with van der Waals surface area (Å²) in [5.74, 6) is -0.553. The molecule has 1 heterocycles. The summed E-state index contributed by atoms with van der Waals surface area (Å²) in [4.78, 5) is 29.9. The van der Waals surface area contributed by atoms with Crippen LogP contribution in [-0.4, -0.2) is 32.3 Å². The molecule has 0 spiro atoms. The maximum atomic E-state index is 13.2. The fourth-order valence-corrected chi connectivity index (χ4v) is 5.04. The highest BCUT2D eigenvalue weighted by Gasteiger charge is 2.18. The molecule has 0 radical (unpaired) electrons. The van der Waals surface area contributed by atoms with Crippen molar-refractivity contribution in [3.63, 3.8) is 0 Å². The minimum atomic E-state index is -3.84. The van der Waals surface area contributed by atoms with Gasteiger partial charge in [-0.3, -0.25) is 14.3 Å². The van der Waals surface area contributed by atoms with E-state index in [0.29, 0.717) is 22.6 Å². The highest BCUT2D eigenvalue weighted by Crippen LogP contribution is 2.22. The van der Waals surface area contributed by atoms with Gasteiger partial charge in [0.2, 0.25) is 0 Å². The fourth-order valence-electron chi connectivity index (χ4n) is 3.25. The van der Waals surface area contributed by atoms with Crippen LogP contribution in [0.15, 0.2) is 101 Å². The number of para-hydroxylation sites is 1. The predicted molar refractivity (Wildman–Crippen MR) is 143 cm³/mol. The van der Waals surface area contributed by atoms with E-state index in [-0.39, 0.29) is 15.7 Å². The Morgan fingerprint density at radius 1 is 0.946 bits per heavy atom. The number of hydrogen-bond acceptors (Lipinski definition) is 7. The van der Waals surface area contributed by atoms with E-state index in [0.717, 1.165) is 11.3 Å². The summed E-state index contributed by atoms with van der Waals surface area (Å²) in [6, 6.07) is 21.2. The fraction of sp³-hybridized carbons (Fsp3) is 0.0385. The van der Waals surface area contributed by atoms with Crippen LogP contribution in [0.4, 0.5) is 10.8 Å². The molecule has 0 saturated heterocycles. The number of nitrogens with zero attached hydrogens (tertiary/aromatic N) is 1. The van der Waals surface area contributed by atoms with Gasteiger partial charge in [0.05, 0.1) is 12.0 Å². The molecule has 37 heavy (non-hydrogen) atoms. The predicted octanol–water partition coefficient (Wildman–Crippen LogP) is 4.36. The number of carbonyl (C=O) groups excluding carboxylic acids is 2. The number of amides is 2. The third kappa shape index (κ3) is 6.60. The number of carbonyl (C=O) groups is 2. The molecule has 0 aliphatic heterocycles. The minimum absolute atomic E-state index is 0.00265. The number of thiazole rings is 1. The second-order valence-electron chi connectivity index (χ2n) is 7.54. The van der Waals surface area contributed by atoms with Crippen molar-refractivity contribution < 1.29 is 22.7 Å². The van der Waals surface area contributed by atoms with E-state index >= 15 is 0 Å². The van der Waals surface area contributed by atoms with E-state index in [1.165, 1.54) is 43.6 Å². The van der Waals surface area contributed by atoms with E-state index in [1.54, 1.807) is 60.0 Å². The molecule has 0 bridgehead atoms. The molecule has 9 nitrogen and oxygen atoms in total. The van der Waals surface area contributed by atoms with Crippen molar-refractivity contribution in [2.45, 2.75) is 4.90 Å². The molecular formula is C26H22N4O5S2. The molecule has 3 aromatic carbocycles. The number of aromatic nitrogens is 1. The van der Waals surface area contributed by atoms with Gasteiger partial charge >= 0.3 is 0 Å². The average molecular weight is 535 g/mol. The van der Waals surface area contributed by atoms with Gasteiger partial charge in [-0.25, -0.2) is 13.4 Å². The Kier molecular flexibility index (Phi) is 7.96. The molecule has 0 atom stereocenters. The van der Waals surface area contributed by atoms with Crippen LogP contribution in [0, 0.1) is 0 Å². The Morgan fingerprint density at radius 3 is 2.32 bits per heavy atom. The molecule has 1 aromatic heterocycles. The van der Waals surface area contributed by atoms with Gasteiger partial charge in [0.1, 0.15) is 11.4 Å². The summed E-state index contributed by atoms with van der Waals surface area (Å²) in [6.07, 6.45) is 3.00. The lowest BCUT2D eigenvalue weighted by atomic mass is 10.1. The zero-order valence-electron chi connectivity index (χ0n) is 19.5. The number of anilines is 2. The third-order valence-corrected chi connectivity index (χ3v) is 7.22. The summed E-state index contributed by atoms with van der Waals surface area (Å²) < 4.78 is 32.9. The maximum Gasteiger partial charge on any atom is 0.272 e. The summed E-state index contributed by atoms with van der Waals surface area (Å²) in [5, 5.41) is 7.25. The van der Waals surface area contributed by atoms with Gasteiger partial charge in [0, 0.05) is 28.4 Å². The van der Waals surface area contributed by atoms with Crippen LogP contribution in [0.1, 0.15) is 15.9 Å². The van der Waals surface area contributed by atoms with Crippen LogP contribution in [0.25, 0.3) is 6.08 Å². The number of methoxy groups -OCH3 is 1. The van der Waals surface area contributed by atoms with Gasteiger partial charge < -0.3 is 15.4 Å². The van der Waals surface area contributed by atoms with E-state index in [4.69, 9.17) is 4.74 Å². The molecule has 188 valence electrons. The average Bonchev–Trinajstić information content (AvgIpc) is 3.41. The van der Waals surface area contributed by atoms with Crippen LogP contribution in [0.3, 0.4) is 0 Å². The lowest BCUT2D eigenvalue weighted by Gasteiger charge is -2.13. The zero-order valence-corrected chi connectivity index (χ0v) is 21.2. The summed E-state index contributed by atoms with van der Waals surface area (Å²) in [6.45, 7) is 0. The third-order valence-electron chi connectivity index (χ3n) is 5.04. The second-order valence-corrected chi connectivity index (χ2v) is 10.1. The first kappa shape index (κ1) is 25.6. The van der Waals surface area contributed by atoms with E-state index < -0.39 is 21.8 Å². The number of sulfonamides is 1. The summed E-state index contributed by atoms with van der Waals surface area (Å²) >= 11 is 1.16. The Balaban J connectivity index is 1.57. The first-order valence-corrected chi connectivity index (χ1v) is 13.3. The van der Waals surface area contributed by atoms with E-state index in [9.17, 15) is 18.0 Å². The molecule has 0 saturated carbocycles. The van der Waals surface area contributed by atoms with Gasteiger partial charge in [0.15, 0.2) is 5.13 Å². The van der Waals surface area contributed by atoms with Crippen molar-refractivity contribution >= 4 is 50.1 Å². The first-order valence-electron chi connectivity index (χ1n) is 10.9. The number of rotatable bonds is 9. The highest BCUT2D eigenvalue weighted by atomic mass is 32.2. The van der Waals surface area contributed by atoms with Gasteiger partial charge in [-0.2, -0.15) is 0 Å². The Hall–Kier alpha value is -4.48. The maximum absolute atomic E-state index is 13.2. The summed E-state index contributed by atoms with van der Waals surface area (Å²) in [7, 11) is -2.33. The van der Waals surface area contributed by atoms with Crippen molar-refractivity contribution in [1.29, 1.82) is 0 Å². The lowest BCUT2D eigenvalue weighted by Crippen LogP contribution is -2.30. The molecule has 2 amide bonds. The topological polar surface area (TPSA) is 126 Å². The number of ether oxygens (including phenoxy) is 1. The summed E-state index contributed by atoms with van der Waals surface area (Å²) in [5.41, 5.74) is 1.26. The van der Waals surface area contributed by atoms with Gasteiger partial charge in [-0.1, -0.05) is 36.4 Å². The Morgan fingerprint density at radius 2 is 1.65 bits per heavy atom. The van der Waals surface area contributed by atoms with E-state index in [2.05, 4.69) is 20.3 Å². The Labute approximate surface area is 217 Å². The number of nitrogens with one attached hydrogen (secondary N) is 3. The highest BCUT2D eigenvalue weighted by molar-refractivity contribution is 7.93. The molecule has 0 aliphatic rings. The second kappa shape index (κ2) is 11.5. The van der Waals surface area contributed by atoms with Gasteiger partial charge in [0.25, 0.3) is 21.8 Å². The number of hydrogen-bond donors (Lipinski definition) is 3. The molecule has 4 rings (SSSR count). The van der Waals surface area contributed by atoms with Crippen LogP contribution < -0.4 is 20.1 Å². The van der Waals surface area contributed by atoms with Crippen molar-refractivity contribution in [3.05, 3.63) is 107 Å². The van der Waals surface area contributed by atoms with Crippen LogP contribution in [-0.2, 0) is 14.8 Å². The van der Waals surface area contributed by atoms with Crippen LogP contribution >= 0.6 is 11.3 Å².